The number of hydrogen-bond donors (Lipinski definition) is 0. The number of carbonyl (C=O) groups excluding carboxylic acids is 1. The molecule has 1 heterocycles. The van der Waals surface area contributed by atoms with Crippen molar-refractivity contribution in [3.8, 4) is 0 Å². The maximum atomic E-state index is 12.1. The zero-order valence-electron chi connectivity index (χ0n) is 7.42. The predicted molar refractivity (Wildman–Crippen MR) is 42.6 cm³/mol. The van der Waals surface area contributed by atoms with Gasteiger partial charge >= 0.3 is 0 Å². The van der Waals surface area contributed by atoms with Gasteiger partial charge in [0.05, 0.1) is 6.54 Å². The Morgan fingerprint density at radius 3 is 2.69 bits per heavy atom. The summed E-state index contributed by atoms with van der Waals surface area (Å²) in [5.74, 6) is -0.105. The average Bonchev–Trinajstić information content (AvgIpc) is 2.31. The number of halogens is 2. The third kappa shape index (κ3) is 2.34. The lowest BCUT2D eigenvalue weighted by molar-refractivity contribution is -0.117. The quantitative estimate of drug-likeness (QED) is 0.723. The van der Waals surface area contributed by atoms with Crippen LogP contribution in [0.5, 0.6) is 0 Å². The van der Waals surface area contributed by atoms with Crippen LogP contribution in [0, 0.1) is 6.92 Å². The fourth-order valence-electron chi connectivity index (χ4n) is 1.01. The molecule has 0 bridgehead atoms. The molecule has 0 N–H and O–H groups in total. The van der Waals surface area contributed by atoms with Gasteiger partial charge in [0.25, 0.3) is 6.43 Å². The van der Waals surface area contributed by atoms with E-state index in [2.05, 4.69) is 5.10 Å². The summed E-state index contributed by atoms with van der Waals surface area (Å²) in [5.41, 5.74) is 0.296. The van der Waals surface area contributed by atoms with Crippen LogP contribution in [-0.2, 0) is 11.3 Å². The summed E-state index contributed by atoms with van der Waals surface area (Å²) in [6.45, 7) is 3.09. The molecule has 1 aromatic heterocycles. The van der Waals surface area contributed by atoms with Gasteiger partial charge in [-0.25, -0.2) is 8.78 Å². The standard InChI is InChI=1S/C8H10F2N2O/c1-5-3-7(8(9)10)11-12(5)4-6(2)13/h3,8H,4H2,1-2H3. The van der Waals surface area contributed by atoms with Gasteiger partial charge in [-0.2, -0.15) is 5.10 Å². The molecule has 0 saturated carbocycles. The van der Waals surface area contributed by atoms with E-state index in [0.29, 0.717) is 5.69 Å². The Balaban J connectivity index is 2.89. The first-order valence-corrected chi connectivity index (χ1v) is 3.82. The molecule has 0 atom stereocenters. The fraction of sp³-hybridized carbons (Fsp3) is 0.500. The Kier molecular flexibility index (Phi) is 2.75. The highest BCUT2D eigenvalue weighted by atomic mass is 19.3. The zero-order chi connectivity index (χ0) is 10.0. The van der Waals surface area contributed by atoms with Gasteiger partial charge in [0.2, 0.25) is 0 Å². The van der Waals surface area contributed by atoms with Crippen molar-refractivity contribution < 1.29 is 13.6 Å². The number of nitrogens with zero attached hydrogens (tertiary/aromatic N) is 2. The molecule has 72 valence electrons. The molecule has 0 aliphatic carbocycles. The van der Waals surface area contributed by atoms with Gasteiger partial charge in [-0.3, -0.25) is 9.48 Å². The Morgan fingerprint density at radius 2 is 2.31 bits per heavy atom. The minimum Gasteiger partial charge on any atom is -0.298 e. The molecule has 0 spiro atoms. The average molecular weight is 188 g/mol. The number of carbonyl (C=O) groups is 1. The van der Waals surface area contributed by atoms with E-state index in [4.69, 9.17) is 0 Å². The Bertz CT molecular complexity index is 320. The van der Waals surface area contributed by atoms with Crippen molar-refractivity contribution in [3.05, 3.63) is 17.5 Å². The molecule has 0 fully saturated rings. The molecule has 5 heteroatoms. The Hall–Kier alpha value is -1.26. The van der Waals surface area contributed by atoms with Crippen LogP contribution >= 0.6 is 0 Å². The van der Waals surface area contributed by atoms with E-state index < -0.39 is 6.43 Å². The van der Waals surface area contributed by atoms with Crippen LogP contribution in [0.25, 0.3) is 0 Å². The highest BCUT2D eigenvalue weighted by Gasteiger charge is 2.13. The normalized spacial score (nSPS) is 10.8. The number of aromatic nitrogens is 2. The molecule has 13 heavy (non-hydrogen) atoms. The van der Waals surface area contributed by atoms with Gasteiger partial charge in [-0.05, 0) is 19.9 Å². The fourth-order valence-corrected chi connectivity index (χ4v) is 1.01. The minimum atomic E-state index is -2.58. The van der Waals surface area contributed by atoms with Crippen LogP contribution in [0.3, 0.4) is 0 Å². The molecule has 0 radical (unpaired) electrons. The van der Waals surface area contributed by atoms with Gasteiger partial charge in [0, 0.05) is 5.69 Å². The Morgan fingerprint density at radius 1 is 1.69 bits per heavy atom. The van der Waals surface area contributed by atoms with Crippen LogP contribution in [0.2, 0.25) is 0 Å². The number of hydrogen-bond acceptors (Lipinski definition) is 2. The van der Waals surface area contributed by atoms with Crippen molar-refractivity contribution in [3.63, 3.8) is 0 Å². The molecule has 0 aromatic carbocycles. The van der Waals surface area contributed by atoms with Crippen molar-refractivity contribution in [1.82, 2.24) is 9.78 Å². The number of alkyl halides is 2. The van der Waals surface area contributed by atoms with Crippen molar-refractivity contribution in [2.75, 3.05) is 0 Å². The molecular formula is C8H10F2N2O. The van der Waals surface area contributed by atoms with E-state index in [1.165, 1.54) is 17.7 Å². The summed E-state index contributed by atoms with van der Waals surface area (Å²) in [7, 11) is 0. The maximum Gasteiger partial charge on any atom is 0.282 e. The number of aryl methyl sites for hydroxylation is 1. The summed E-state index contributed by atoms with van der Waals surface area (Å²) in [5, 5.41) is 3.60. The molecule has 0 aliphatic rings. The summed E-state index contributed by atoms with van der Waals surface area (Å²) in [6.07, 6.45) is -2.58. The van der Waals surface area contributed by atoms with Crippen LogP contribution in [0.1, 0.15) is 24.7 Å². The van der Waals surface area contributed by atoms with Crippen LogP contribution in [-0.4, -0.2) is 15.6 Å². The van der Waals surface area contributed by atoms with Crippen LogP contribution in [0.4, 0.5) is 8.78 Å². The summed E-state index contributed by atoms with van der Waals surface area (Å²) in [6, 6.07) is 1.29. The topological polar surface area (TPSA) is 34.9 Å². The first-order valence-electron chi connectivity index (χ1n) is 3.82. The summed E-state index contributed by atoms with van der Waals surface area (Å²) < 4.78 is 25.6. The second-order valence-corrected chi connectivity index (χ2v) is 2.87. The molecular weight excluding hydrogens is 178 g/mol. The van der Waals surface area contributed by atoms with E-state index in [9.17, 15) is 13.6 Å². The van der Waals surface area contributed by atoms with Gasteiger partial charge in [-0.1, -0.05) is 0 Å². The van der Waals surface area contributed by atoms with Crippen LogP contribution in [0.15, 0.2) is 6.07 Å². The van der Waals surface area contributed by atoms with Crippen molar-refractivity contribution >= 4 is 5.78 Å². The third-order valence-corrected chi connectivity index (χ3v) is 1.60. The van der Waals surface area contributed by atoms with E-state index in [1.807, 2.05) is 0 Å². The lowest BCUT2D eigenvalue weighted by Crippen LogP contribution is -2.09. The maximum absolute atomic E-state index is 12.1. The van der Waals surface area contributed by atoms with E-state index in [-0.39, 0.29) is 18.0 Å². The molecule has 0 amide bonds. The molecule has 0 unspecified atom stereocenters. The zero-order valence-corrected chi connectivity index (χ0v) is 7.42. The van der Waals surface area contributed by atoms with Crippen molar-refractivity contribution in [2.24, 2.45) is 0 Å². The SMILES string of the molecule is CC(=O)Cn1nc(C(F)F)cc1C. The summed E-state index contributed by atoms with van der Waals surface area (Å²) >= 11 is 0. The lowest BCUT2D eigenvalue weighted by atomic mass is 10.4. The lowest BCUT2D eigenvalue weighted by Gasteiger charge is -1.98. The number of rotatable bonds is 3. The highest BCUT2D eigenvalue weighted by molar-refractivity contribution is 5.75. The van der Waals surface area contributed by atoms with E-state index in [1.54, 1.807) is 6.92 Å². The first kappa shape index (κ1) is 9.83. The molecule has 3 nitrogen and oxygen atoms in total. The molecule has 1 aromatic rings. The second-order valence-electron chi connectivity index (χ2n) is 2.87. The molecule has 0 saturated heterocycles. The highest BCUT2D eigenvalue weighted by Crippen LogP contribution is 2.17. The largest absolute Gasteiger partial charge is 0.298 e. The van der Waals surface area contributed by atoms with Gasteiger partial charge in [0.15, 0.2) is 5.78 Å². The minimum absolute atomic E-state index is 0.0541. The predicted octanol–water partition coefficient (Wildman–Crippen LogP) is 1.72. The molecule has 1 rings (SSSR count). The van der Waals surface area contributed by atoms with E-state index in [0.717, 1.165) is 0 Å². The van der Waals surface area contributed by atoms with Gasteiger partial charge < -0.3 is 0 Å². The van der Waals surface area contributed by atoms with Crippen molar-refractivity contribution in [2.45, 2.75) is 26.8 Å². The Labute approximate surface area is 74.4 Å². The number of Topliss-reactive ketones (excluding diaryl/α,β-unsaturated/α-hetero) is 1. The van der Waals surface area contributed by atoms with E-state index >= 15 is 0 Å². The first-order chi connectivity index (χ1) is 6.00. The van der Waals surface area contributed by atoms with Gasteiger partial charge in [-0.15, -0.1) is 0 Å². The smallest absolute Gasteiger partial charge is 0.282 e. The molecule has 0 aliphatic heterocycles. The van der Waals surface area contributed by atoms with Crippen molar-refractivity contribution in [1.29, 1.82) is 0 Å². The second kappa shape index (κ2) is 3.64. The van der Waals surface area contributed by atoms with Crippen LogP contribution < -0.4 is 0 Å². The summed E-state index contributed by atoms with van der Waals surface area (Å²) in [4.78, 5) is 10.7. The third-order valence-electron chi connectivity index (χ3n) is 1.60. The number of ketones is 1. The monoisotopic (exact) mass is 188 g/mol. The van der Waals surface area contributed by atoms with Gasteiger partial charge in [0.1, 0.15) is 5.69 Å².